The van der Waals surface area contributed by atoms with Crippen molar-refractivity contribution < 1.29 is 4.79 Å². The van der Waals surface area contributed by atoms with Gasteiger partial charge in [0.1, 0.15) is 0 Å². The number of rotatable bonds is 1. The molecule has 1 aliphatic heterocycles. The second kappa shape index (κ2) is 5.11. The molecule has 0 unspecified atom stereocenters. The molecule has 0 saturated heterocycles. The van der Waals surface area contributed by atoms with Crippen molar-refractivity contribution in [1.29, 1.82) is 0 Å². The van der Waals surface area contributed by atoms with E-state index in [9.17, 15) is 4.79 Å². The van der Waals surface area contributed by atoms with Crippen molar-refractivity contribution in [3.05, 3.63) is 57.0 Å². The summed E-state index contributed by atoms with van der Waals surface area (Å²) in [5.41, 5.74) is 9.21. The van der Waals surface area contributed by atoms with Crippen LogP contribution in [0.15, 0.2) is 40.9 Å². The van der Waals surface area contributed by atoms with E-state index in [-0.39, 0.29) is 5.91 Å². The molecule has 0 aliphatic carbocycles. The van der Waals surface area contributed by atoms with Gasteiger partial charge in [0.05, 0.1) is 5.02 Å². The second-order valence-electron chi connectivity index (χ2n) is 4.68. The monoisotopic (exact) mass is 350 g/mol. The van der Waals surface area contributed by atoms with E-state index in [1.165, 1.54) is 0 Å². The van der Waals surface area contributed by atoms with Gasteiger partial charge in [0.15, 0.2) is 0 Å². The summed E-state index contributed by atoms with van der Waals surface area (Å²) >= 11 is 9.38. The molecule has 1 heterocycles. The Labute approximate surface area is 130 Å². The molecule has 2 N–H and O–H groups in total. The standard InChI is InChI=1S/C15H12BrClN2O/c16-11-5-4-9(8-12(11)17)15(20)19-7-6-10-13(18)2-1-3-14(10)19/h1-5,8H,6-7,18H2. The molecule has 1 aliphatic rings. The van der Waals surface area contributed by atoms with Gasteiger partial charge in [0.25, 0.3) is 5.91 Å². The third kappa shape index (κ3) is 2.19. The molecule has 0 bridgehead atoms. The molecule has 1 amide bonds. The maximum Gasteiger partial charge on any atom is 0.258 e. The Morgan fingerprint density at radius 2 is 2.10 bits per heavy atom. The van der Waals surface area contributed by atoms with Crippen molar-refractivity contribution in [1.82, 2.24) is 0 Å². The van der Waals surface area contributed by atoms with Crippen LogP contribution in [0.1, 0.15) is 15.9 Å². The van der Waals surface area contributed by atoms with E-state index in [0.717, 1.165) is 27.8 Å². The summed E-state index contributed by atoms with van der Waals surface area (Å²) in [6.45, 7) is 0.649. The summed E-state index contributed by atoms with van der Waals surface area (Å²) < 4.78 is 0.779. The van der Waals surface area contributed by atoms with Crippen molar-refractivity contribution in [2.24, 2.45) is 0 Å². The predicted molar refractivity (Wildman–Crippen MR) is 85.4 cm³/mol. The first-order valence-corrected chi connectivity index (χ1v) is 7.39. The minimum absolute atomic E-state index is 0.0521. The topological polar surface area (TPSA) is 46.3 Å². The fourth-order valence-corrected chi connectivity index (χ4v) is 2.88. The van der Waals surface area contributed by atoms with Crippen LogP contribution in [-0.4, -0.2) is 12.5 Å². The number of halogens is 2. The normalized spacial score (nSPS) is 13.4. The molecule has 20 heavy (non-hydrogen) atoms. The average Bonchev–Trinajstić information content (AvgIpc) is 2.86. The molecule has 2 aromatic rings. The van der Waals surface area contributed by atoms with Gasteiger partial charge < -0.3 is 10.6 Å². The van der Waals surface area contributed by atoms with E-state index in [4.69, 9.17) is 17.3 Å². The van der Waals surface area contributed by atoms with Gasteiger partial charge in [-0.05, 0) is 52.7 Å². The van der Waals surface area contributed by atoms with Gasteiger partial charge in [-0.2, -0.15) is 0 Å². The fraction of sp³-hybridized carbons (Fsp3) is 0.133. The Morgan fingerprint density at radius 1 is 1.30 bits per heavy atom. The molecule has 102 valence electrons. The Morgan fingerprint density at radius 3 is 2.85 bits per heavy atom. The Balaban J connectivity index is 1.97. The van der Waals surface area contributed by atoms with Crippen LogP contribution in [0.25, 0.3) is 0 Å². The van der Waals surface area contributed by atoms with Crippen LogP contribution in [0.2, 0.25) is 5.02 Å². The first-order valence-electron chi connectivity index (χ1n) is 6.22. The second-order valence-corrected chi connectivity index (χ2v) is 5.94. The number of carbonyl (C=O) groups is 1. The summed E-state index contributed by atoms with van der Waals surface area (Å²) in [4.78, 5) is 14.4. The SMILES string of the molecule is Nc1cccc2c1CCN2C(=O)c1ccc(Br)c(Cl)c1. The lowest BCUT2D eigenvalue weighted by Gasteiger charge is -2.18. The van der Waals surface area contributed by atoms with E-state index in [2.05, 4.69) is 15.9 Å². The molecule has 0 saturated carbocycles. The van der Waals surface area contributed by atoms with Crippen LogP contribution in [0, 0.1) is 0 Å². The minimum atomic E-state index is -0.0521. The Bertz CT molecular complexity index is 702. The van der Waals surface area contributed by atoms with Gasteiger partial charge in [0, 0.05) is 33.5 Å². The zero-order valence-corrected chi connectivity index (χ0v) is 12.9. The van der Waals surface area contributed by atoms with E-state index in [1.807, 2.05) is 18.2 Å². The largest absolute Gasteiger partial charge is 0.398 e. The van der Waals surface area contributed by atoms with Crippen molar-refractivity contribution in [3.63, 3.8) is 0 Å². The molecule has 3 rings (SSSR count). The summed E-state index contributed by atoms with van der Waals surface area (Å²) in [6.07, 6.45) is 0.790. The number of anilines is 2. The van der Waals surface area contributed by atoms with Gasteiger partial charge in [-0.1, -0.05) is 17.7 Å². The number of hydrogen-bond donors (Lipinski definition) is 1. The van der Waals surface area contributed by atoms with E-state index in [1.54, 1.807) is 23.1 Å². The molecule has 0 aromatic heterocycles. The van der Waals surface area contributed by atoms with Crippen molar-refractivity contribution >= 4 is 44.8 Å². The number of benzene rings is 2. The number of carbonyl (C=O) groups excluding carboxylic acids is 1. The highest BCUT2D eigenvalue weighted by molar-refractivity contribution is 9.10. The number of amides is 1. The lowest BCUT2D eigenvalue weighted by Crippen LogP contribution is -2.28. The smallest absolute Gasteiger partial charge is 0.258 e. The highest BCUT2D eigenvalue weighted by Gasteiger charge is 2.26. The number of hydrogen-bond acceptors (Lipinski definition) is 2. The van der Waals surface area contributed by atoms with Gasteiger partial charge >= 0.3 is 0 Å². The highest BCUT2D eigenvalue weighted by Crippen LogP contribution is 2.33. The van der Waals surface area contributed by atoms with Crippen LogP contribution in [0.5, 0.6) is 0 Å². The quantitative estimate of drug-likeness (QED) is 0.792. The van der Waals surface area contributed by atoms with E-state index < -0.39 is 0 Å². The first-order chi connectivity index (χ1) is 9.58. The van der Waals surface area contributed by atoms with Crippen LogP contribution in [0.4, 0.5) is 11.4 Å². The number of fused-ring (bicyclic) bond motifs is 1. The molecule has 0 atom stereocenters. The number of nitrogen functional groups attached to an aromatic ring is 1. The average molecular weight is 352 g/mol. The number of nitrogens with two attached hydrogens (primary N) is 1. The van der Waals surface area contributed by atoms with Crippen molar-refractivity contribution in [3.8, 4) is 0 Å². The van der Waals surface area contributed by atoms with Crippen LogP contribution in [-0.2, 0) is 6.42 Å². The maximum atomic E-state index is 12.6. The summed E-state index contributed by atoms with van der Waals surface area (Å²) in [7, 11) is 0. The van der Waals surface area contributed by atoms with Gasteiger partial charge in [0.2, 0.25) is 0 Å². The van der Waals surface area contributed by atoms with Crippen LogP contribution >= 0.6 is 27.5 Å². The van der Waals surface area contributed by atoms with Gasteiger partial charge in [-0.3, -0.25) is 4.79 Å². The third-order valence-electron chi connectivity index (χ3n) is 3.48. The molecule has 0 radical (unpaired) electrons. The third-order valence-corrected chi connectivity index (χ3v) is 4.71. The van der Waals surface area contributed by atoms with Crippen LogP contribution in [0.3, 0.4) is 0 Å². The highest BCUT2D eigenvalue weighted by atomic mass is 79.9. The maximum absolute atomic E-state index is 12.6. The lowest BCUT2D eigenvalue weighted by molar-refractivity contribution is 0.0989. The van der Waals surface area contributed by atoms with E-state index >= 15 is 0 Å². The zero-order valence-electron chi connectivity index (χ0n) is 10.6. The van der Waals surface area contributed by atoms with Gasteiger partial charge in [-0.15, -0.1) is 0 Å². The minimum Gasteiger partial charge on any atom is -0.398 e. The Hall–Kier alpha value is -1.52. The summed E-state index contributed by atoms with van der Waals surface area (Å²) in [6, 6.07) is 10.9. The molecule has 5 heteroatoms. The zero-order chi connectivity index (χ0) is 14.3. The molecule has 0 spiro atoms. The van der Waals surface area contributed by atoms with Gasteiger partial charge in [-0.25, -0.2) is 0 Å². The fourth-order valence-electron chi connectivity index (χ4n) is 2.46. The molecule has 0 fully saturated rings. The molecular formula is C15H12BrClN2O. The summed E-state index contributed by atoms with van der Waals surface area (Å²) in [5.74, 6) is -0.0521. The first kappa shape index (κ1) is 13.5. The molecule has 2 aromatic carbocycles. The number of nitrogens with zero attached hydrogens (tertiary/aromatic N) is 1. The predicted octanol–water partition coefficient (Wildman–Crippen LogP) is 3.89. The lowest BCUT2D eigenvalue weighted by atomic mass is 10.1. The Kier molecular flexibility index (Phi) is 3.44. The molecular weight excluding hydrogens is 340 g/mol. The summed E-state index contributed by atoms with van der Waals surface area (Å²) in [5, 5.41) is 0.530. The van der Waals surface area contributed by atoms with Crippen molar-refractivity contribution in [2.45, 2.75) is 6.42 Å². The molecule has 3 nitrogen and oxygen atoms in total. The van der Waals surface area contributed by atoms with E-state index in [0.29, 0.717) is 17.1 Å². The van der Waals surface area contributed by atoms with Crippen LogP contribution < -0.4 is 10.6 Å². The van der Waals surface area contributed by atoms with Crippen molar-refractivity contribution in [2.75, 3.05) is 17.2 Å².